The zero-order valence-corrected chi connectivity index (χ0v) is 16.9. The predicted octanol–water partition coefficient (Wildman–Crippen LogP) is 2.85. The third-order valence-corrected chi connectivity index (χ3v) is 4.84. The number of carbonyl (C=O) groups excluding carboxylic acids is 1. The van der Waals surface area contributed by atoms with Crippen LogP contribution in [0.3, 0.4) is 0 Å². The summed E-state index contributed by atoms with van der Waals surface area (Å²) < 4.78 is 0. The second-order valence-electron chi connectivity index (χ2n) is 7.01. The molecule has 1 amide bonds. The smallest absolute Gasteiger partial charge is 0.211 e. The minimum Gasteiger partial charge on any atom is -0.402 e. The number of nitrogens with one attached hydrogen (secondary N) is 1. The van der Waals surface area contributed by atoms with Crippen LogP contribution in [0.1, 0.15) is 18.4 Å². The van der Waals surface area contributed by atoms with E-state index in [1.165, 1.54) is 0 Å². The lowest BCUT2D eigenvalue weighted by molar-refractivity contribution is -0.108. The number of carbonyl (C=O) groups is 1. The Hall–Kier alpha value is -3.74. The average molecular weight is 403 g/mol. The summed E-state index contributed by atoms with van der Waals surface area (Å²) in [7, 11) is 0. The van der Waals surface area contributed by atoms with E-state index < -0.39 is 0 Å². The molecule has 2 aromatic rings. The molecule has 7 heteroatoms. The van der Waals surface area contributed by atoms with Gasteiger partial charge in [-0.25, -0.2) is 15.0 Å². The van der Waals surface area contributed by atoms with Crippen molar-refractivity contribution in [2.75, 3.05) is 13.1 Å². The van der Waals surface area contributed by atoms with Crippen LogP contribution in [0.5, 0.6) is 0 Å². The van der Waals surface area contributed by atoms with Crippen molar-refractivity contribution in [1.82, 2.24) is 20.2 Å². The maximum atomic E-state index is 10.8. The Kier molecular flexibility index (Phi) is 7.10. The van der Waals surface area contributed by atoms with Gasteiger partial charge in [0.1, 0.15) is 5.84 Å². The summed E-state index contributed by atoms with van der Waals surface area (Å²) in [6.07, 6.45) is 8.97. The van der Waals surface area contributed by atoms with Crippen LogP contribution in [0.4, 0.5) is 0 Å². The lowest BCUT2D eigenvalue weighted by Crippen LogP contribution is -2.51. The van der Waals surface area contributed by atoms with Crippen molar-refractivity contribution in [2.24, 2.45) is 16.6 Å². The number of amidine groups is 1. The van der Waals surface area contributed by atoms with E-state index in [4.69, 9.17) is 10.7 Å². The number of nitrogens with two attached hydrogens (primary N) is 1. The highest BCUT2D eigenvalue weighted by molar-refractivity contribution is 6.00. The highest BCUT2D eigenvalue weighted by Gasteiger charge is 2.31. The Labute approximate surface area is 176 Å². The quantitative estimate of drug-likeness (QED) is 0.291. The Bertz CT molecular complexity index is 943. The highest BCUT2D eigenvalue weighted by atomic mass is 16.1. The van der Waals surface area contributed by atoms with E-state index in [-0.39, 0.29) is 5.92 Å². The first-order chi connectivity index (χ1) is 14.6. The van der Waals surface area contributed by atoms with Gasteiger partial charge in [0.15, 0.2) is 5.82 Å². The van der Waals surface area contributed by atoms with Gasteiger partial charge in [0.05, 0.1) is 5.70 Å². The molecule has 1 saturated heterocycles. The Morgan fingerprint density at radius 1 is 1.27 bits per heavy atom. The number of likely N-dealkylation sites (tertiary alicyclic amines) is 1. The van der Waals surface area contributed by atoms with Gasteiger partial charge in [-0.3, -0.25) is 4.79 Å². The van der Waals surface area contributed by atoms with Crippen molar-refractivity contribution in [2.45, 2.75) is 12.8 Å². The summed E-state index contributed by atoms with van der Waals surface area (Å²) >= 11 is 0. The molecule has 0 spiro atoms. The highest BCUT2D eigenvalue weighted by Crippen LogP contribution is 2.25. The third-order valence-electron chi connectivity index (χ3n) is 4.84. The molecule has 0 radical (unpaired) electrons. The van der Waals surface area contributed by atoms with E-state index in [1.54, 1.807) is 24.7 Å². The third kappa shape index (κ3) is 5.20. The summed E-state index contributed by atoms with van der Waals surface area (Å²) in [5, 5.41) is 2.59. The molecule has 0 saturated carbocycles. The Balaban J connectivity index is 1.91. The van der Waals surface area contributed by atoms with Gasteiger partial charge in [0.25, 0.3) is 0 Å². The predicted molar refractivity (Wildman–Crippen MR) is 119 cm³/mol. The largest absolute Gasteiger partial charge is 0.402 e. The molecule has 0 bridgehead atoms. The minimum absolute atomic E-state index is 0.251. The normalized spacial score (nSPS) is 14.7. The molecule has 3 N–H and O–H groups in total. The molecular formula is C23H26N6O. The molecule has 0 aliphatic carbocycles. The number of aromatic nitrogens is 2. The fourth-order valence-corrected chi connectivity index (χ4v) is 3.10. The molecule has 7 nitrogen and oxygen atoms in total. The van der Waals surface area contributed by atoms with E-state index >= 15 is 0 Å². The maximum Gasteiger partial charge on any atom is 0.211 e. The average Bonchev–Trinajstić information content (AvgIpc) is 2.74. The number of rotatable bonds is 9. The molecule has 1 aliphatic heterocycles. The summed E-state index contributed by atoms with van der Waals surface area (Å²) in [6.45, 7) is 9.14. The van der Waals surface area contributed by atoms with E-state index in [0.717, 1.165) is 42.2 Å². The van der Waals surface area contributed by atoms with Crippen molar-refractivity contribution in [3.05, 3.63) is 85.1 Å². The Morgan fingerprint density at radius 3 is 2.57 bits per heavy atom. The SMILES string of the molecule is C=CCCC(=C/NC=O)/N=C(\c1ccc(-c2ncccn2)cc1)N1CC(C(=C)N)C1. The Morgan fingerprint density at radius 2 is 1.97 bits per heavy atom. The maximum absolute atomic E-state index is 10.8. The molecule has 0 atom stereocenters. The van der Waals surface area contributed by atoms with Crippen molar-refractivity contribution in [3.63, 3.8) is 0 Å². The van der Waals surface area contributed by atoms with Crippen LogP contribution in [0, 0.1) is 5.92 Å². The van der Waals surface area contributed by atoms with Gasteiger partial charge in [-0.1, -0.05) is 36.9 Å². The molecule has 1 fully saturated rings. The van der Waals surface area contributed by atoms with Crippen molar-refractivity contribution in [3.8, 4) is 11.4 Å². The van der Waals surface area contributed by atoms with Crippen molar-refractivity contribution in [1.29, 1.82) is 0 Å². The molecule has 30 heavy (non-hydrogen) atoms. The van der Waals surface area contributed by atoms with Gasteiger partial charge in [-0.05, 0) is 18.9 Å². The van der Waals surface area contributed by atoms with E-state index in [0.29, 0.717) is 24.4 Å². The molecule has 1 aromatic heterocycles. The summed E-state index contributed by atoms with van der Waals surface area (Å²) in [5.74, 6) is 1.75. The first kappa shape index (κ1) is 21.0. The molecule has 154 valence electrons. The second kappa shape index (κ2) is 10.2. The van der Waals surface area contributed by atoms with Gasteiger partial charge in [-0.2, -0.15) is 0 Å². The van der Waals surface area contributed by atoms with Crippen LogP contribution in [0.2, 0.25) is 0 Å². The fourth-order valence-electron chi connectivity index (χ4n) is 3.10. The minimum atomic E-state index is 0.251. The molecule has 0 unspecified atom stereocenters. The standard InChI is InChI=1S/C23H26N6O/c1-3-4-6-21(13-25-16-30)28-23(29-14-20(15-29)17(2)24)19-9-7-18(8-10-19)22-26-11-5-12-27-22/h3,5,7-13,16,20H,1-2,4,6,14-15,24H2,(H,25,30)/b21-13-,28-23+. The number of hydrogen-bond donors (Lipinski definition) is 2. The molecule has 2 heterocycles. The zero-order chi connectivity index (χ0) is 21.3. The van der Waals surface area contributed by atoms with Crippen LogP contribution in [-0.4, -0.2) is 40.2 Å². The second-order valence-corrected chi connectivity index (χ2v) is 7.01. The van der Waals surface area contributed by atoms with E-state index in [2.05, 4.69) is 33.3 Å². The topological polar surface area (TPSA) is 96.5 Å². The summed E-state index contributed by atoms with van der Waals surface area (Å²) in [6, 6.07) is 9.77. The number of amides is 1. The van der Waals surface area contributed by atoms with Crippen molar-refractivity contribution < 1.29 is 4.79 Å². The number of benzene rings is 1. The number of hydrogen-bond acceptors (Lipinski definition) is 5. The van der Waals surface area contributed by atoms with Crippen LogP contribution in [0.25, 0.3) is 11.4 Å². The summed E-state index contributed by atoms with van der Waals surface area (Å²) in [4.78, 5) is 26.4. The lowest BCUT2D eigenvalue weighted by atomic mass is 9.95. The molecule has 1 aromatic carbocycles. The van der Waals surface area contributed by atoms with Gasteiger partial charge >= 0.3 is 0 Å². The molecular weight excluding hydrogens is 376 g/mol. The number of aliphatic imine (C=N–C) groups is 1. The van der Waals surface area contributed by atoms with Crippen LogP contribution < -0.4 is 11.1 Å². The first-order valence-electron chi connectivity index (χ1n) is 9.77. The fraction of sp³-hybridized carbons (Fsp3) is 0.217. The van der Waals surface area contributed by atoms with Crippen molar-refractivity contribution >= 4 is 12.2 Å². The van der Waals surface area contributed by atoms with Crippen LogP contribution in [0.15, 0.2) is 84.5 Å². The summed E-state index contributed by atoms with van der Waals surface area (Å²) in [5.41, 5.74) is 9.22. The molecule has 3 rings (SSSR count). The van der Waals surface area contributed by atoms with Gasteiger partial charge < -0.3 is 16.0 Å². The van der Waals surface area contributed by atoms with Gasteiger partial charge in [-0.15, -0.1) is 6.58 Å². The zero-order valence-electron chi connectivity index (χ0n) is 16.9. The number of nitrogens with zero attached hydrogens (tertiary/aromatic N) is 4. The molecule has 1 aliphatic rings. The number of allylic oxidation sites excluding steroid dienone is 2. The van der Waals surface area contributed by atoms with Gasteiger partial charge in [0, 0.05) is 54.4 Å². The van der Waals surface area contributed by atoms with Gasteiger partial charge in [0.2, 0.25) is 6.41 Å². The van der Waals surface area contributed by atoms with Crippen LogP contribution >= 0.6 is 0 Å². The lowest BCUT2D eigenvalue weighted by Gasteiger charge is -2.41. The van der Waals surface area contributed by atoms with E-state index in [9.17, 15) is 4.79 Å². The first-order valence-corrected chi connectivity index (χ1v) is 9.77. The van der Waals surface area contributed by atoms with E-state index in [1.807, 2.05) is 30.3 Å². The van der Waals surface area contributed by atoms with Crippen LogP contribution in [-0.2, 0) is 4.79 Å². The monoisotopic (exact) mass is 402 g/mol.